The van der Waals surface area contributed by atoms with Gasteiger partial charge < -0.3 is 15.2 Å². The molecule has 1 heterocycles. The first-order chi connectivity index (χ1) is 8.26. The number of hydrogen-bond donors (Lipinski definition) is 2. The number of ether oxygens (including phenoxy) is 1. The van der Waals surface area contributed by atoms with Gasteiger partial charge in [-0.15, -0.1) is 0 Å². The van der Waals surface area contributed by atoms with Crippen LogP contribution in [0.1, 0.15) is 36.8 Å². The van der Waals surface area contributed by atoms with Crippen LogP contribution in [0.5, 0.6) is 11.5 Å². The molecule has 1 aliphatic heterocycles. The molecule has 2 N–H and O–H groups in total. The molecule has 3 heteroatoms. The van der Waals surface area contributed by atoms with Crippen LogP contribution in [-0.4, -0.2) is 25.3 Å². The van der Waals surface area contributed by atoms with E-state index in [1.807, 2.05) is 6.07 Å². The summed E-state index contributed by atoms with van der Waals surface area (Å²) in [6.45, 7) is 4.15. The fourth-order valence-corrected chi connectivity index (χ4v) is 2.48. The minimum absolute atomic E-state index is 0.318. The first kappa shape index (κ1) is 12.2. The van der Waals surface area contributed by atoms with Crippen molar-refractivity contribution in [2.24, 2.45) is 0 Å². The smallest absolute Gasteiger partial charge is 0.161 e. The maximum Gasteiger partial charge on any atom is 0.161 e. The van der Waals surface area contributed by atoms with Gasteiger partial charge in [-0.1, -0.05) is 13.0 Å². The van der Waals surface area contributed by atoms with Crippen LogP contribution in [0.4, 0.5) is 0 Å². The first-order valence-electron chi connectivity index (χ1n) is 6.36. The van der Waals surface area contributed by atoms with Gasteiger partial charge in [-0.2, -0.15) is 0 Å². The van der Waals surface area contributed by atoms with Gasteiger partial charge in [-0.3, -0.25) is 0 Å². The van der Waals surface area contributed by atoms with E-state index in [4.69, 9.17) is 4.74 Å². The minimum Gasteiger partial charge on any atom is -0.504 e. The Balaban J connectivity index is 2.36. The number of phenols is 1. The molecule has 0 aromatic heterocycles. The van der Waals surface area contributed by atoms with Gasteiger partial charge in [0.25, 0.3) is 0 Å². The molecular weight excluding hydrogens is 214 g/mol. The summed E-state index contributed by atoms with van der Waals surface area (Å²) in [7, 11) is 1.61. The predicted molar refractivity (Wildman–Crippen MR) is 68.9 cm³/mol. The second kappa shape index (κ2) is 5.41. The van der Waals surface area contributed by atoms with Crippen LogP contribution >= 0.6 is 0 Å². The summed E-state index contributed by atoms with van der Waals surface area (Å²) >= 11 is 0. The van der Waals surface area contributed by atoms with E-state index in [0.717, 1.165) is 31.5 Å². The molecule has 2 rings (SSSR count). The lowest BCUT2D eigenvalue weighted by Gasteiger charge is -2.25. The fraction of sp³-hybridized carbons (Fsp3) is 0.571. The summed E-state index contributed by atoms with van der Waals surface area (Å²) in [5.41, 5.74) is 2.26. The van der Waals surface area contributed by atoms with Crippen molar-refractivity contribution in [2.45, 2.75) is 32.1 Å². The normalized spacial score (nSPS) is 20.2. The van der Waals surface area contributed by atoms with Gasteiger partial charge in [0.2, 0.25) is 0 Å². The van der Waals surface area contributed by atoms with Gasteiger partial charge in [0.05, 0.1) is 7.11 Å². The summed E-state index contributed by atoms with van der Waals surface area (Å²) in [6, 6.07) is 4.05. The Morgan fingerprint density at radius 1 is 1.47 bits per heavy atom. The summed E-state index contributed by atoms with van der Waals surface area (Å²) < 4.78 is 5.25. The highest BCUT2D eigenvalue weighted by atomic mass is 16.5. The number of hydrogen-bond acceptors (Lipinski definition) is 3. The molecule has 1 fully saturated rings. The molecule has 17 heavy (non-hydrogen) atoms. The van der Waals surface area contributed by atoms with E-state index >= 15 is 0 Å². The average molecular weight is 235 g/mol. The molecule has 0 amide bonds. The Kier molecular flexibility index (Phi) is 3.89. The third-order valence-electron chi connectivity index (χ3n) is 3.53. The second-order valence-electron chi connectivity index (χ2n) is 4.63. The van der Waals surface area contributed by atoms with Gasteiger partial charge in [-0.25, -0.2) is 0 Å². The first-order valence-corrected chi connectivity index (χ1v) is 6.36. The Hall–Kier alpha value is -1.22. The van der Waals surface area contributed by atoms with Crippen LogP contribution in [0.3, 0.4) is 0 Å². The summed E-state index contributed by atoms with van der Waals surface area (Å²) in [5.74, 6) is 1.33. The zero-order chi connectivity index (χ0) is 12.3. The highest BCUT2D eigenvalue weighted by molar-refractivity contribution is 5.50. The lowest BCUT2D eigenvalue weighted by Crippen LogP contribution is -2.28. The third-order valence-corrected chi connectivity index (χ3v) is 3.53. The Morgan fingerprint density at radius 3 is 2.88 bits per heavy atom. The lowest BCUT2D eigenvalue weighted by atomic mass is 9.89. The van der Waals surface area contributed by atoms with Gasteiger partial charge in [0.15, 0.2) is 11.5 Å². The summed E-state index contributed by atoms with van der Waals surface area (Å²) in [4.78, 5) is 0. The van der Waals surface area contributed by atoms with Gasteiger partial charge >= 0.3 is 0 Å². The number of aryl methyl sites for hydroxylation is 1. The zero-order valence-electron chi connectivity index (χ0n) is 10.6. The van der Waals surface area contributed by atoms with Crippen molar-refractivity contribution >= 4 is 0 Å². The quantitative estimate of drug-likeness (QED) is 0.845. The highest BCUT2D eigenvalue weighted by Crippen LogP contribution is 2.38. The molecule has 1 aromatic carbocycles. The maximum atomic E-state index is 10.2. The van der Waals surface area contributed by atoms with E-state index in [2.05, 4.69) is 18.3 Å². The molecule has 0 spiro atoms. The standard InChI is InChI=1S/C14H21NO2/c1-3-10-7-12(11-5-4-6-15-9-11)14(16)13(8-10)17-2/h7-8,11,15-16H,3-6,9H2,1-2H3. The van der Waals surface area contributed by atoms with Gasteiger partial charge in [0.1, 0.15) is 0 Å². The van der Waals surface area contributed by atoms with Crippen LogP contribution in [0, 0.1) is 0 Å². The summed E-state index contributed by atoms with van der Waals surface area (Å²) in [5, 5.41) is 13.6. The molecular formula is C14H21NO2. The number of benzene rings is 1. The topological polar surface area (TPSA) is 41.5 Å². The fourth-order valence-electron chi connectivity index (χ4n) is 2.48. The van der Waals surface area contributed by atoms with Crippen molar-refractivity contribution in [1.29, 1.82) is 0 Å². The maximum absolute atomic E-state index is 10.2. The molecule has 1 saturated heterocycles. The zero-order valence-corrected chi connectivity index (χ0v) is 10.6. The Labute approximate surface area is 103 Å². The van der Waals surface area contributed by atoms with E-state index in [1.54, 1.807) is 7.11 Å². The van der Waals surface area contributed by atoms with Crippen LogP contribution in [0.2, 0.25) is 0 Å². The van der Waals surface area contributed by atoms with E-state index < -0.39 is 0 Å². The van der Waals surface area contributed by atoms with Crippen molar-refractivity contribution in [3.05, 3.63) is 23.3 Å². The molecule has 0 bridgehead atoms. The molecule has 0 radical (unpaired) electrons. The number of nitrogens with one attached hydrogen (secondary N) is 1. The highest BCUT2D eigenvalue weighted by Gasteiger charge is 2.21. The molecule has 0 saturated carbocycles. The number of phenolic OH excluding ortho intramolecular Hbond substituents is 1. The third kappa shape index (κ3) is 2.55. The van der Waals surface area contributed by atoms with E-state index in [0.29, 0.717) is 17.4 Å². The van der Waals surface area contributed by atoms with E-state index in [1.165, 1.54) is 12.0 Å². The number of aromatic hydroxyl groups is 1. The van der Waals surface area contributed by atoms with Crippen LogP contribution < -0.4 is 10.1 Å². The predicted octanol–water partition coefficient (Wildman–Crippen LogP) is 2.43. The number of methoxy groups -OCH3 is 1. The van der Waals surface area contributed by atoms with Crippen molar-refractivity contribution in [3.8, 4) is 11.5 Å². The van der Waals surface area contributed by atoms with Crippen LogP contribution in [0.15, 0.2) is 12.1 Å². The van der Waals surface area contributed by atoms with Crippen LogP contribution in [0.25, 0.3) is 0 Å². The van der Waals surface area contributed by atoms with Crippen molar-refractivity contribution in [3.63, 3.8) is 0 Å². The average Bonchev–Trinajstić information content (AvgIpc) is 2.40. The lowest BCUT2D eigenvalue weighted by molar-refractivity contribution is 0.362. The van der Waals surface area contributed by atoms with E-state index in [9.17, 15) is 5.11 Å². The molecule has 1 unspecified atom stereocenters. The minimum atomic E-state index is 0.318. The van der Waals surface area contributed by atoms with Crippen LogP contribution in [-0.2, 0) is 6.42 Å². The van der Waals surface area contributed by atoms with Gasteiger partial charge in [0, 0.05) is 18.0 Å². The summed E-state index contributed by atoms with van der Waals surface area (Å²) in [6.07, 6.45) is 3.27. The molecule has 94 valence electrons. The molecule has 3 nitrogen and oxygen atoms in total. The largest absolute Gasteiger partial charge is 0.504 e. The number of rotatable bonds is 3. The van der Waals surface area contributed by atoms with E-state index in [-0.39, 0.29) is 0 Å². The number of piperidine rings is 1. The van der Waals surface area contributed by atoms with Crippen molar-refractivity contribution in [1.82, 2.24) is 5.32 Å². The monoisotopic (exact) mass is 235 g/mol. The van der Waals surface area contributed by atoms with Crippen molar-refractivity contribution in [2.75, 3.05) is 20.2 Å². The molecule has 1 aromatic rings. The van der Waals surface area contributed by atoms with Crippen molar-refractivity contribution < 1.29 is 9.84 Å². The molecule has 1 aliphatic rings. The SMILES string of the molecule is CCc1cc(OC)c(O)c(C2CCCNC2)c1. The second-order valence-corrected chi connectivity index (χ2v) is 4.63. The Bertz CT molecular complexity index is 384. The molecule has 0 aliphatic carbocycles. The van der Waals surface area contributed by atoms with Gasteiger partial charge in [-0.05, 0) is 37.4 Å². The Morgan fingerprint density at radius 2 is 2.29 bits per heavy atom. The molecule has 1 atom stereocenters.